The molecule has 242 valence electrons. The molecule has 8 heterocycles. The van der Waals surface area contributed by atoms with Gasteiger partial charge >= 0.3 is 21.1 Å². The van der Waals surface area contributed by atoms with Crippen LogP contribution in [0.1, 0.15) is 0 Å². The van der Waals surface area contributed by atoms with Crippen LogP contribution < -0.4 is 4.57 Å². The molecule has 0 spiro atoms. The van der Waals surface area contributed by atoms with Crippen LogP contribution in [0.3, 0.4) is 0 Å². The van der Waals surface area contributed by atoms with Gasteiger partial charge in [0.2, 0.25) is 0 Å². The van der Waals surface area contributed by atoms with E-state index >= 15 is 0 Å². The number of fused-ring (bicyclic) bond motifs is 4. The van der Waals surface area contributed by atoms with Crippen molar-refractivity contribution in [3.05, 3.63) is 118 Å². The Morgan fingerprint density at radius 3 is 1.92 bits per heavy atom. The van der Waals surface area contributed by atoms with Gasteiger partial charge in [0, 0.05) is 47.0 Å². The predicted octanol–water partition coefficient (Wildman–Crippen LogP) is 5.74. The Morgan fingerprint density at radius 2 is 1.35 bits per heavy atom. The molecule has 48 heavy (non-hydrogen) atoms. The zero-order valence-corrected chi connectivity index (χ0v) is 29.5. The van der Waals surface area contributed by atoms with Crippen LogP contribution >= 0.6 is 0 Å². The quantitative estimate of drug-likeness (QED) is 0.163. The van der Waals surface area contributed by atoms with Gasteiger partial charge in [-0.2, -0.15) is 0 Å². The first kappa shape index (κ1) is 31.4. The summed E-state index contributed by atoms with van der Waals surface area (Å²) < 4.78 is 31.7. The average Bonchev–Trinajstić information content (AvgIpc) is 3.89. The van der Waals surface area contributed by atoms with Crippen LogP contribution in [0.2, 0.25) is 0 Å². The molecule has 0 aliphatic rings. The molecule has 0 saturated heterocycles. The summed E-state index contributed by atoms with van der Waals surface area (Å²) in [6, 6.07) is 10.7. The van der Waals surface area contributed by atoms with Crippen molar-refractivity contribution in [1.82, 2.24) is 33.2 Å². The predicted molar refractivity (Wildman–Crippen MR) is 163 cm³/mol. The minimum absolute atomic E-state index is 0. The second kappa shape index (κ2) is 12.4. The first-order valence-corrected chi connectivity index (χ1v) is 14.1. The monoisotopic (exact) mass is 994 g/mol. The largest absolute Gasteiger partial charge is 2.00 e. The minimum atomic E-state index is 0. The molecule has 0 fully saturated rings. The number of hydrogen-bond donors (Lipinski definition) is 0. The maximum absolute atomic E-state index is 5.67. The van der Waals surface area contributed by atoms with E-state index in [4.69, 9.17) is 17.7 Å². The molecule has 10 aromatic rings. The third-order valence-corrected chi connectivity index (χ3v) is 7.58. The second-order valence-corrected chi connectivity index (χ2v) is 10.7. The number of aryl methyl sites for hydroxylation is 2. The van der Waals surface area contributed by atoms with Crippen LogP contribution in [-0.4, -0.2) is 33.2 Å². The van der Waals surface area contributed by atoms with E-state index in [1.165, 1.54) is 0 Å². The van der Waals surface area contributed by atoms with Crippen molar-refractivity contribution < 1.29 is 64.4 Å². The number of nitrogens with zero attached hydrogens (tertiary/aromatic N) is 8. The zero-order chi connectivity index (χ0) is 30.8. The minimum Gasteiger partial charge on any atom is -0.507 e. The molecule has 0 amide bonds. The first-order valence-electron chi connectivity index (χ1n) is 14.1. The van der Waals surface area contributed by atoms with Crippen LogP contribution in [-0.2, 0) is 56.2 Å². The van der Waals surface area contributed by atoms with Gasteiger partial charge in [0.05, 0.1) is 73.4 Å². The molecule has 2 aromatic carbocycles. The van der Waals surface area contributed by atoms with E-state index in [2.05, 4.69) is 45.9 Å². The number of rotatable bonds is 4. The molecule has 0 N–H and O–H groups in total. The standard InChI is InChI=1S/2C17H10N4O2.2Pt/c1-20-6-15(19-10-20)14-8-22-16-4-11-7-23-17(12(11)5-13(14)16)21-3-2-18-9-21;1-19-4-5-21(11-19)15-9-22-16-6-12-8-23-17(13(12)7-14(15)16)20-3-2-18-10-20;;/h2-4,6-8,10H,1H3;2-4,6,8-9,11H,1H3;;/q2*-2;;+2. The molecular weight excluding hydrogens is 975 g/mol. The molecule has 0 aliphatic carbocycles. The Hall–Kier alpha value is -5.18. The van der Waals surface area contributed by atoms with Gasteiger partial charge in [-0.05, 0) is 21.7 Å². The molecule has 14 heteroatoms. The van der Waals surface area contributed by atoms with Crippen LogP contribution in [0, 0.1) is 31.0 Å². The number of imidazole rings is 4. The summed E-state index contributed by atoms with van der Waals surface area (Å²) >= 11 is 0. The Kier molecular flexibility index (Phi) is 8.15. The van der Waals surface area contributed by atoms with Crippen LogP contribution in [0.15, 0.2) is 105 Å². The summed E-state index contributed by atoms with van der Waals surface area (Å²) in [5.41, 5.74) is 4.13. The Balaban J connectivity index is 0.000000146. The number of aromatic nitrogens is 8. The molecule has 12 nitrogen and oxygen atoms in total. The van der Waals surface area contributed by atoms with Gasteiger partial charge in [-0.1, -0.05) is 53.1 Å². The molecule has 0 saturated carbocycles. The average molecular weight is 995 g/mol. The van der Waals surface area contributed by atoms with Crippen molar-refractivity contribution in [3.8, 4) is 28.7 Å². The summed E-state index contributed by atoms with van der Waals surface area (Å²) in [5.74, 6) is 1.26. The molecular formula is C34H20N8O4Pt2-2. The molecule has 0 aliphatic heterocycles. The normalized spacial score (nSPS) is 11.2. The fourth-order valence-electron chi connectivity index (χ4n) is 5.41. The zero-order valence-electron chi connectivity index (χ0n) is 24.9. The summed E-state index contributed by atoms with van der Waals surface area (Å²) in [7, 11) is 3.88. The van der Waals surface area contributed by atoms with Crippen molar-refractivity contribution >= 4 is 43.5 Å². The summed E-state index contributed by atoms with van der Waals surface area (Å²) in [4.78, 5) is 12.3. The molecule has 0 atom stereocenters. The van der Waals surface area contributed by atoms with Crippen molar-refractivity contribution in [3.63, 3.8) is 0 Å². The Morgan fingerprint density at radius 1 is 0.729 bits per heavy atom. The summed E-state index contributed by atoms with van der Waals surface area (Å²) in [6.07, 6.45) is 29.9. The van der Waals surface area contributed by atoms with Gasteiger partial charge in [-0.25, -0.2) is 4.98 Å². The van der Waals surface area contributed by atoms with Crippen LogP contribution in [0.5, 0.6) is 0 Å². The van der Waals surface area contributed by atoms with E-state index < -0.39 is 0 Å². The summed E-state index contributed by atoms with van der Waals surface area (Å²) in [6.45, 7) is 0. The molecule has 0 unspecified atom stereocenters. The maximum Gasteiger partial charge on any atom is 2.00 e. The van der Waals surface area contributed by atoms with E-state index in [0.29, 0.717) is 11.8 Å². The van der Waals surface area contributed by atoms with E-state index in [9.17, 15) is 0 Å². The van der Waals surface area contributed by atoms with E-state index in [1.54, 1.807) is 65.3 Å². The number of furan rings is 4. The van der Waals surface area contributed by atoms with Gasteiger partial charge in [0.25, 0.3) is 0 Å². The number of hydrogen-bond acceptors (Lipinski definition) is 7. The Bertz CT molecular complexity index is 2450. The topological polar surface area (TPSA) is 115 Å². The van der Waals surface area contributed by atoms with E-state index in [-0.39, 0.29) is 42.1 Å². The van der Waals surface area contributed by atoms with E-state index in [0.717, 1.165) is 60.4 Å². The Labute approximate surface area is 300 Å². The van der Waals surface area contributed by atoms with Crippen molar-refractivity contribution in [2.75, 3.05) is 0 Å². The van der Waals surface area contributed by atoms with Crippen molar-refractivity contribution in [2.45, 2.75) is 0 Å². The van der Waals surface area contributed by atoms with Crippen LogP contribution in [0.4, 0.5) is 0 Å². The van der Waals surface area contributed by atoms with E-state index in [1.807, 2.05) is 58.7 Å². The second-order valence-electron chi connectivity index (χ2n) is 10.7. The fraction of sp³-hybridized carbons (Fsp3) is 0.0588. The smallest absolute Gasteiger partial charge is 0.507 e. The molecule has 0 radical (unpaired) electrons. The van der Waals surface area contributed by atoms with Gasteiger partial charge in [-0.15, -0.1) is 12.1 Å². The third kappa shape index (κ3) is 5.27. The van der Waals surface area contributed by atoms with Gasteiger partial charge in [-0.3, -0.25) is 0 Å². The van der Waals surface area contributed by atoms with Gasteiger partial charge < -0.3 is 50.5 Å². The molecule has 0 bridgehead atoms. The number of benzene rings is 2. The SMILES string of the molecule is Cn1c[c-][n+](-c2coc3cc4coc(-n5[c-]ncc5)c4[c-]c23)c1.Cn1cnc(-c2coc3cc4coc(-n5[c-]ncc5)c4[c-]c23)c1.[Pt+2].[Pt]. The van der Waals surface area contributed by atoms with Crippen molar-refractivity contribution in [2.24, 2.45) is 14.1 Å². The first-order chi connectivity index (χ1) is 22.6. The summed E-state index contributed by atoms with van der Waals surface area (Å²) in [5, 5.41) is 5.28. The van der Waals surface area contributed by atoms with Crippen LogP contribution in [0.25, 0.3) is 72.2 Å². The fourth-order valence-corrected chi connectivity index (χ4v) is 5.41. The van der Waals surface area contributed by atoms with Gasteiger partial charge in [0.1, 0.15) is 18.1 Å². The maximum atomic E-state index is 5.67. The van der Waals surface area contributed by atoms with Gasteiger partial charge in [0.15, 0.2) is 0 Å². The third-order valence-electron chi connectivity index (χ3n) is 7.58. The molecule has 10 rings (SSSR count). The van der Waals surface area contributed by atoms with Crippen molar-refractivity contribution in [1.29, 1.82) is 0 Å². The molecule has 8 aromatic heterocycles.